The van der Waals surface area contributed by atoms with Gasteiger partial charge in [-0.05, 0) is 64.2 Å². The van der Waals surface area contributed by atoms with Gasteiger partial charge in [0, 0.05) is 0 Å². The smallest absolute Gasteiger partial charge is 0.0890 e. The lowest BCUT2D eigenvalue weighted by Crippen LogP contribution is -2.43. The molecule has 0 heterocycles. The van der Waals surface area contributed by atoms with Gasteiger partial charge in [-0.3, -0.25) is 0 Å². The molecule has 0 aromatic rings. The summed E-state index contributed by atoms with van der Waals surface area (Å²) in [6, 6.07) is 0. The molecule has 1 aliphatic carbocycles. The van der Waals surface area contributed by atoms with Gasteiger partial charge in [0.2, 0.25) is 0 Å². The Morgan fingerprint density at radius 2 is 2.05 bits per heavy atom. The number of allylic oxidation sites excluding steroid dienone is 3. The Morgan fingerprint density at radius 3 is 2.57 bits per heavy atom. The van der Waals surface area contributed by atoms with Crippen molar-refractivity contribution in [2.24, 2.45) is 11.8 Å². The van der Waals surface area contributed by atoms with Gasteiger partial charge in [0.05, 0.1) is 5.60 Å². The number of aliphatic hydroxyl groups is 1. The number of rotatable bonds is 8. The largest absolute Gasteiger partial charge is 0.385 e. The monoisotopic (exact) mass is 293 g/mol. The van der Waals surface area contributed by atoms with Crippen molar-refractivity contribution in [1.82, 2.24) is 4.90 Å². The van der Waals surface area contributed by atoms with Gasteiger partial charge in [0.25, 0.3) is 0 Å². The van der Waals surface area contributed by atoms with E-state index in [1.165, 1.54) is 11.1 Å². The maximum atomic E-state index is 11.6. The average Bonchev–Trinajstić information content (AvgIpc) is 2.42. The highest BCUT2D eigenvalue weighted by Gasteiger charge is 2.40. The van der Waals surface area contributed by atoms with Crippen LogP contribution in [-0.4, -0.2) is 36.2 Å². The van der Waals surface area contributed by atoms with Crippen LogP contribution in [0.15, 0.2) is 23.3 Å². The Balaban J connectivity index is 3.07. The zero-order chi connectivity index (χ0) is 16.0. The lowest BCUT2D eigenvalue weighted by molar-refractivity contribution is -0.00803. The fourth-order valence-corrected chi connectivity index (χ4v) is 3.65. The maximum absolute atomic E-state index is 11.6. The van der Waals surface area contributed by atoms with E-state index in [0.29, 0.717) is 11.8 Å². The summed E-state index contributed by atoms with van der Waals surface area (Å²) in [5.74, 6) is 0.804. The summed E-state index contributed by atoms with van der Waals surface area (Å²) in [5.41, 5.74) is 1.95. The molecule has 0 fully saturated rings. The highest BCUT2D eigenvalue weighted by molar-refractivity contribution is 5.34. The molecule has 0 radical (unpaired) electrons. The Hall–Kier alpha value is -0.600. The molecule has 0 aromatic heterocycles. The van der Waals surface area contributed by atoms with Crippen LogP contribution in [0.3, 0.4) is 0 Å². The maximum Gasteiger partial charge on any atom is 0.0890 e. The molecular weight excluding hydrogens is 258 g/mol. The average molecular weight is 293 g/mol. The molecule has 0 aliphatic heterocycles. The van der Waals surface area contributed by atoms with Crippen LogP contribution in [0.1, 0.15) is 59.8 Å². The standard InChI is InChI=1S/C19H35NO/c1-7-12-19(21,17(8-2)11-13-20(5)6)18-14-15(3)9-10-16(18)4/h9,14,16-17,21H,7-8,10-13H2,1-6H3/t16-,17?,19?/m0/s1. The van der Waals surface area contributed by atoms with Crippen LogP contribution >= 0.6 is 0 Å². The molecule has 3 atom stereocenters. The van der Waals surface area contributed by atoms with Gasteiger partial charge in [0.15, 0.2) is 0 Å². The third-order valence-electron chi connectivity index (χ3n) is 4.93. The highest BCUT2D eigenvalue weighted by Crippen LogP contribution is 2.42. The quantitative estimate of drug-likeness (QED) is 0.716. The first-order valence-corrected chi connectivity index (χ1v) is 8.61. The minimum absolute atomic E-state index is 0.347. The van der Waals surface area contributed by atoms with Gasteiger partial charge in [-0.15, -0.1) is 0 Å². The summed E-state index contributed by atoms with van der Waals surface area (Å²) in [6.45, 7) is 9.85. The fraction of sp³-hybridized carbons (Fsp3) is 0.789. The first kappa shape index (κ1) is 18.4. The Bertz CT molecular complexity index is 383. The summed E-state index contributed by atoms with van der Waals surface area (Å²) in [7, 11) is 4.22. The molecule has 0 saturated heterocycles. The summed E-state index contributed by atoms with van der Waals surface area (Å²) >= 11 is 0. The Labute approximate surface area is 131 Å². The molecule has 1 N–H and O–H groups in total. The van der Waals surface area contributed by atoms with Gasteiger partial charge < -0.3 is 10.0 Å². The van der Waals surface area contributed by atoms with Crippen LogP contribution in [0.4, 0.5) is 0 Å². The van der Waals surface area contributed by atoms with E-state index in [4.69, 9.17) is 0 Å². The van der Waals surface area contributed by atoms with E-state index in [1.54, 1.807) is 0 Å². The van der Waals surface area contributed by atoms with E-state index >= 15 is 0 Å². The predicted octanol–water partition coefficient (Wildman–Crippen LogP) is 4.41. The Morgan fingerprint density at radius 1 is 1.38 bits per heavy atom. The minimum Gasteiger partial charge on any atom is -0.385 e. The molecule has 2 unspecified atom stereocenters. The molecule has 21 heavy (non-hydrogen) atoms. The molecule has 2 heteroatoms. The van der Waals surface area contributed by atoms with Crippen molar-refractivity contribution in [3.05, 3.63) is 23.3 Å². The summed E-state index contributed by atoms with van der Waals surface area (Å²) in [4.78, 5) is 2.22. The van der Waals surface area contributed by atoms with Gasteiger partial charge in [0.1, 0.15) is 0 Å². The topological polar surface area (TPSA) is 23.5 Å². The molecule has 0 spiro atoms. The van der Waals surface area contributed by atoms with Gasteiger partial charge in [-0.25, -0.2) is 0 Å². The first-order chi connectivity index (χ1) is 9.85. The van der Waals surface area contributed by atoms with Gasteiger partial charge in [-0.1, -0.05) is 51.3 Å². The van der Waals surface area contributed by atoms with Crippen LogP contribution in [0, 0.1) is 11.8 Å². The third kappa shape index (κ3) is 4.69. The lowest BCUT2D eigenvalue weighted by Gasteiger charge is -2.42. The fourth-order valence-electron chi connectivity index (χ4n) is 3.65. The summed E-state index contributed by atoms with van der Waals surface area (Å²) < 4.78 is 0. The van der Waals surface area contributed by atoms with Crippen molar-refractivity contribution in [2.45, 2.75) is 65.4 Å². The minimum atomic E-state index is -0.631. The third-order valence-corrected chi connectivity index (χ3v) is 4.93. The van der Waals surface area contributed by atoms with Crippen LogP contribution in [0.2, 0.25) is 0 Å². The Kier molecular flexibility index (Phi) is 7.15. The second-order valence-electron chi connectivity index (χ2n) is 7.06. The van der Waals surface area contributed by atoms with E-state index in [9.17, 15) is 5.11 Å². The van der Waals surface area contributed by atoms with Crippen molar-refractivity contribution >= 4 is 0 Å². The first-order valence-electron chi connectivity index (χ1n) is 8.61. The highest BCUT2D eigenvalue weighted by atomic mass is 16.3. The molecule has 122 valence electrons. The van der Waals surface area contributed by atoms with Crippen molar-refractivity contribution in [1.29, 1.82) is 0 Å². The number of hydrogen-bond donors (Lipinski definition) is 1. The predicted molar refractivity (Wildman–Crippen MR) is 92.4 cm³/mol. The van der Waals surface area contributed by atoms with Crippen molar-refractivity contribution < 1.29 is 5.11 Å². The van der Waals surface area contributed by atoms with Crippen LogP contribution < -0.4 is 0 Å². The second-order valence-corrected chi connectivity index (χ2v) is 7.06. The van der Waals surface area contributed by atoms with Crippen molar-refractivity contribution in [3.8, 4) is 0 Å². The van der Waals surface area contributed by atoms with Crippen LogP contribution in [-0.2, 0) is 0 Å². The van der Waals surface area contributed by atoms with Crippen molar-refractivity contribution in [2.75, 3.05) is 20.6 Å². The SMILES string of the molecule is CCCC(O)(C1=CC(C)=CC[C@@H]1C)C(CC)CCN(C)C. The van der Waals surface area contributed by atoms with E-state index in [-0.39, 0.29) is 0 Å². The number of nitrogens with zero attached hydrogens (tertiary/aromatic N) is 1. The number of hydrogen-bond acceptors (Lipinski definition) is 2. The van der Waals surface area contributed by atoms with Gasteiger partial charge in [-0.2, -0.15) is 0 Å². The molecule has 2 nitrogen and oxygen atoms in total. The summed E-state index contributed by atoms with van der Waals surface area (Å²) in [5, 5.41) is 11.6. The lowest BCUT2D eigenvalue weighted by atomic mass is 9.69. The molecule has 0 amide bonds. The van der Waals surface area contributed by atoms with E-state index in [0.717, 1.165) is 38.6 Å². The molecule has 1 rings (SSSR count). The molecule has 0 aromatic carbocycles. The van der Waals surface area contributed by atoms with E-state index in [2.05, 4.69) is 58.8 Å². The zero-order valence-electron chi connectivity index (χ0n) is 14.9. The molecule has 1 aliphatic rings. The molecule has 0 saturated carbocycles. The van der Waals surface area contributed by atoms with E-state index in [1.807, 2.05) is 0 Å². The summed E-state index contributed by atoms with van der Waals surface area (Å²) in [6.07, 6.45) is 9.62. The van der Waals surface area contributed by atoms with Crippen LogP contribution in [0.5, 0.6) is 0 Å². The van der Waals surface area contributed by atoms with E-state index < -0.39 is 5.60 Å². The van der Waals surface area contributed by atoms with Gasteiger partial charge >= 0.3 is 0 Å². The van der Waals surface area contributed by atoms with Crippen LogP contribution in [0.25, 0.3) is 0 Å². The zero-order valence-corrected chi connectivity index (χ0v) is 14.9. The molecule has 0 bridgehead atoms. The van der Waals surface area contributed by atoms with Crippen molar-refractivity contribution in [3.63, 3.8) is 0 Å². The second kappa shape index (κ2) is 8.14. The normalized spacial score (nSPS) is 23.5. The molecular formula is C19H35NO.